The molecule has 0 radical (unpaired) electrons. The van der Waals surface area contributed by atoms with Crippen molar-refractivity contribution >= 4 is 46.7 Å². The summed E-state index contributed by atoms with van der Waals surface area (Å²) in [5, 5.41) is 0. The smallest absolute Gasteiger partial charge is 0.358 e. The molecule has 1 aromatic carbocycles. The Balaban J connectivity index is 1.34. The fourth-order valence-electron chi connectivity index (χ4n) is 7.37. The molecule has 0 unspecified atom stereocenters. The van der Waals surface area contributed by atoms with Gasteiger partial charge in [-0.2, -0.15) is 13.2 Å². The van der Waals surface area contributed by atoms with Crippen LogP contribution in [0.5, 0.6) is 0 Å². The van der Waals surface area contributed by atoms with Gasteiger partial charge in [0.2, 0.25) is 29.5 Å². The Kier molecular flexibility index (Phi) is 8.61. The van der Waals surface area contributed by atoms with E-state index in [1.165, 1.54) is 48.0 Å². The Labute approximate surface area is 279 Å². The van der Waals surface area contributed by atoms with E-state index in [-0.39, 0.29) is 60.8 Å². The molecule has 16 heteroatoms. The summed E-state index contributed by atoms with van der Waals surface area (Å²) < 4.78 is 56.9. The van der Waals surface area contributed by atoms with Crippen LogP contribution in [0.25, 0.3) is 0 Å². The molecular formula is C33H35F4N7O5. The van der Waals surface area contributed by atoms with Crippen LogP contribution in [0.3, 0.4) is 0 Å². The number of aromatic nitrogens is 1. The summed E-state index contributed by atoms with van der Waals surface area (Å²) in [6, 6.07) is 2.96. The van der Waals surface area contributed by atoms with Crippen LogP contribution in [0.2, 0.25) is 0 Å². The number of aryl methyl sites for hydroxylation is 1. The molecule has 2 aromatic rings. The van der Waals surface area contributed by atoms with E-state index >= 15 is 4.39 Å². The minimum absolute atomic E-state index is 0.00827. The first kappa shape index (κ1) is 33.9. The Morgan fingerprint density at radius 2 is 1.80 bits per heavy atom. The minimum Gasteiger partial charge on any atom is -0.358 e. The fourth-order valence-corrected chi connectivity index (χ4v) is 7.37. The van der Waals surface area contributed by atoms with Gasteiger partial charge < -0.3 is 24.5 Å². The third kappa shape index (κ3) is 5.97. The number of carbonyl (C=O) groups excluding carboxylic acids is 5. The Hall–Kier alpha value is -5.02. The van der Waals surface area contributed by atoms with Gasteiger partial charge in [-0.05, 0) is 44.2 Å². The Morgan fingerprint density at radius 1 is 1.06 bits per heavy atom. The lowest BCUT2D eigenvalue weighted by molar-refractivity contribution is -0.158. The number of carbonyl (C=O) groups is 5. The summed E-state index contributed by atoms with van der Waals surface area (Å²) >= 11 is 0. The highest BCUT2D eigenvalue weighted by molar-refractivity contribution is 6.10. The third-order valence-corrected chi connectivity index (χ3v) is 9.76. The molecule has 1 aromatic heterocycles. The molecule has 5 amide bonds. The molecule has 0 N–H and O–H groups in total. The molecule has 0 aliphatic carbocycles. The zero-order valence-corrected chi connectivity index (χ0v) is 27.1. The number of anilines is 3. The largest absolute Gasteiger partial charge is 0.416 e. The highest BCUT2D eigenvalue weighted by Gasteiger charge is 2.50. The van der Waals surface area contributed by atoms with Gasteiger partial charge in [0, 0.05) is 57.8 Å². The number of para-hydroxylation sites is 1. The van der Waals surface area contributed by atoms with Crippen molar-refractivity contribution in [2.75, 3.05) is 61.0 Å². The van der Waals surface area contributed by atoms with Gasteiger partial charge in [-0.25, -0.2) is 9.37 Å². The van der Waals surface area contributed by atoms with Crippen LogP contribution in [-0.2, 0) is 30.1 Å². The fraction of sp³-hybridized carbons (Fsp3) is 0.455. The van der Waals surface area contributed by atoms with Crippen LogP contribution >= 0.6 is 0 Å². The number of nitrogens with zero attached hydrogens (tertiary/aromatic N) is 7. The van der Waals surface area contributed by atoms with E-state index < -0.39 is 65.9 Å². The van der Waals surface area contributed by atoms with E-state index in [9.17, 15) is 37.1 Å². The van der Waals surface area contributed by atoms with Crippen molar-refractivity contribution in [3.63, 3.8) is 0 Å². The van der Waals surface area contributed by atoms with Crippen LogP contribution in [-0.4, -0.2) is 114 Å². The van der Waals surface area contributed by atoms with E-state index in [1.54, 1.807) is 16.7 Å². The van der Waals surface area contributed by atoms with Crippen LogP contribution in [0, 0.1) is 18.7 Å². The lowest BCUT2D eigenvalue weighted by Gasteiger charge is -2.49. The monoisotopic (exact) mass is 685 g/mol. The normalized spacial score (nSPS) is 24.3. The van der Waals surface area contributed by atoms with Crippen molar-refractivity contribution in [2.24, 2.45) is 5.92 Å². The lowest BCUT2D eigenvalue weighted by atomic mass is 9.95. The van der Waals surface area contributed by atoms with Gasteiger partial charge in [0.1, 0.15) is 23.7 Å². The van der Waals surface area contributed by atoms with Gasteiger partial charge >= 0.3 is 6.18 Å². The molecule has 4 aliphatic heterocycles. The summed E-state index contributed by atoms with van der Waals surface area (Å²) in [6.07, 6.45) is -3.83. The number of rotatable bonds is 4. The van der Waals surface area contributed by atoms with Crippen molar-refractivity contribution < 1.29 is 41.5 Å². The van der Waals surface area contributed by atoms with Gasteiger partial charge in [-0.1, -0.05) is 12.6 Å². The second-order valence-corrected chi connectivity index (χ2v) is 12.8. The number of amides is 5. The SMILES string of the molecule is C=CC(=O)N1CCN2C(=O)[C@@H](C)N(C(=O)CN3C[C@H]4CC(=O)N(c5cc(C(F)(F)F)cc(C)n5)[C@@H]4C(=O)N(C)c4cccc(F)c43)C[C@@H]2C1. The zero-order valence-electron chi connectivity index (χ0n) is 27.1. The van der Waals surface area contributed by atoms with Gasteiger partial charge in [0.25, 0.3) is 0 Å². The summed E-state index contributed by atoms with van der Waals surface area (Å²) in [4.78, 5) is 79.6. The maximum atomic E-state index is 15.7. The molecule has 3 fully saturated rings. The van der Waals surface area contributed by atoms with Gasteiger partial charge in [-0.15, -0.1) is 0 Å². The molecule has 12 nitrogen and oxygen atoms in total. The van der Waals surface area contributed by atoms with Crippen LogP contribution in [0.4, 0.5) is 34.8 Å². The molecule has 0 bridgehead atoms. The van der Waals surface area contributed by atoms with E-state index in [0.717, 1.165) is 21.9 Å². The number of piperazine rings is 2. The summed E-state index contributed by atoms with van der Waals surface area (Å²) in [5.41, 5.74) is -1.02. The number of pyridine rings is 1. The third-order valence-electron chi connectivity index (χ3n) is 9.76. The number of likely N-dealkylation sites (N-methyl/N-ethyl adjacent to an activating group) is 1. The summed E-state index contributed by atoms with van der Waals surface area (Å²) in [5.74, 6) is -4.35. The minimum atomic E-state index is -4.74. The first-order chi connectivity index (χ1) is 23.1. The number of alkyl halides is 3. The summed E-state index contributed by atoms with van der Waals surface area (Å²) in [6.45, 7) is 6.79. The average Bonchev–Trinajstić information content (AvgIpc) is 3.38. The van der Waals surface area contributed by atoms with Crippen LogP contribution < -0.4 is 14.7 Å². The molecule has 4 aliphatic rings. The molecule has 6 rings (SSSR count). The Morgan fingerprint density at radius 3 is 2.49 bits per heavy atom. The van der Waals surface area contributed by atoms with Gasteiger partial charge in [0.05, 0.1) is 29.5 Å². The molecule has 260 valence electrons. The van der Waals surface area contributed by atoms with Crippen LogP contribution in [0.1, 0.15) is 24.6 Å². The molecule has 0 spiro atoms. The van der Waals surface area contributed by atoms with Crippen molar-refractivity contribution in [3.8, 4) is 0 Å². The molecule has 0 saturated carbocycles. The number of hydrogen-bond donors (Lipinski definition) is 0. The quantitative estimate of drug-likeness (QED) is 0.358. The Bertz CT molecular complexity index is 1750. The zero-order chi connectivity index (χ0) is 35.5. The molecule has 4 atom stereocenters. The topological polar surface area (TPSA) is 118 Å². The maximum Gasteiger partial charge on any atom is 0.416 e. The molecular weight excluding hydrogens is 650 g/mol. The van der Waals surface area contributed by atoms with Crippen molar-refractivity contribution in [3.05, 3.63) is 60.1 Å². The molecule has 49 heavy (non-hydrogen) atoms. The highest BCUT2D eigenvalue weighted by Crippen LogP contribution is 2.41. The predicted molar refractivity (Wildman–Crippen MR) is 169 cm³/mol. The lowest BCUT2D eigenvalue weighted by Crippen LogP contribution is -2.68. The van der Waals surface area contributed by atoms with E-state index in [1.807, 2.05) is 0 Å². The standard InChI is InChI=1S/C33H35F4N7O5/c1-5-26(45)40-9-10-42-22(15-40)16-43(19(3)31(42)48)28(47)17-41-14-20-12-27(46)44(25-13-21(33(35,36)37)11-18(2)38-25)29(20)32(49)39(4)24-8-6-7-23(34)30(24)41/h5-8,11,13,19-20,22,29H,1,9-10,12,14-17H2,2-4H3/t19-,20-,22+,29+/m1/s1. The average molecular weight is 686 g/mol. The van der Waals surface area contributed by atoms with Crippen molar-refractivity contribution in [2.45, 2.75) is 44.6 Å². The van der Waals surface area contributed by atoms with Crippen LogP contribution in [0.15, 0.2) is 43.0 Å². The van der Waals surface area contributed by atoms with E-state index in [4.69, 9.17) is 0 Å². The number of fused-ring (bicyclic) bond motifs is 3. The van der Waals surface area contributed by atoms with E-state index in [0.29, 0.717) is 13.1 Å². The maximum absolute atomic E-state index is 15.7. The van der Waals surface area contributed by atoms with Gasteiger partial charge in [-0.3, -0.25) is 28.9 Å². The number of halogens is 4. The number of benzene rings is 1. The highest BCUT2D eigenvalue weighted by atomic mass is 19.4. The first-order valence-electron chi connectivity index (χ1n) is 15.8. The summed E-state index contributed by atoms with van der Waals surface area (Å²) in [7, 11) is 1.37. The van der Waals surface area contributed by atoms with Crippen molar-refractivity contribution in [1.29, 1.82) is 0 Å². The van der Waals surface area contributed by atoms with Gasteiger partial charge in [0.15, 0.2) is 0 Å². The first-order valence-corrected chi connectivity index (χ1v) is 15.8. The molecule has 3 saturated heterocycles. The number of hydrogen-bond acceptors (Lipinski definition) is 7. The second kappa shape index (κ2) is 12.5. The van der Waals surface area contributed by atoms with Crippen molar-refractivity contribution in [1.82, 2.24) is 19.7 Å². The molecule has 5 heterocycles. The second-order valence-electron chi connectivity index (χ2n) is 12.8. The predicted octanol–water partition coefficient (Wildman–Crippen LogP) is 2.21. The van der Waals surface area contributed by atoms with E-state index in [2.05, 4.69) is 11.6 Å².